The molecule has 6 nitrogen and oxygen atoms in total. The molecule has 31 heavy (non-hydrogen) atoms. The summed E-state index contributed by atoms with van der Waals surface area (Å²) in [7, 11) is 0. The molecule has 0 unspecified atom stereocenters. The van der Waals surface area contributed by atoms with Gasteiger partial charge in [0.05, 0.1) is 0 Å². The minimum absolute atomic E-state index is 0.0960. The summed E-state index contributed by atoms with van der Waals surface area (Å²) >= 11 is 0. The number of aromatic nitrogens is 1. The molecule has 0 atom stereocenters. The maximum absolute atomic E-state index is 13.1. The fourth-order valence-corrected chi connectivity index (χ4v) is 3.16. The van der Waals surface area contributed by atoms with E-state index in [0.29, 0.717) is 28.1 Å². The van der Waals surface area contributed by atoms with Crippen molar-refractivity contribution in [3.05, 3.63) is 89.4 Å². The first kappa shape index (κ1) is 20.3. The molecule has 3 aromatic carbocycles. The number of esters is 1. The maximum Gasteiger partial charge on any atom is 0.325 e. The summed E-state index contributed by atoms with van der Waals surface area (Å²) in [6, 6.07) is 18.9. The van der Waals surface area contributed by atoms with Gasteiger partial charge in [-0.3, -0.25) is 9.59 Å². The Labute approximate surface area is 177 Å². The second-order valence-electron chi connectivity index (χ2n) is 7.00. The first-order chi connectivity index (χ1) is 15.0. The quantitative estimate of drug-likeness (QED) is 0.469. The third-order valence-electron chi connectivity index (χ3n) is 4.90. The van der Waals surface area contributed by atoms with Crippen LogP contribution < -0.4 is 5.32 Å². The number of nitrogens with one attached hydrogen (secondary N) is 1. The van der Waals surface area contributed by atoms with Crippen LogP contribution in [-0.2, 0) is 16.1 Å². The van der Waals surface area contributed by atoms with Crippen LogP contribution in [0.25, 0.3) is 22.1 Å². The second-order valence-corrected chi connectivity index (χ2v) is 7.00. The van der Waals surface area contributed by atoms with Crippen LogP contribution in [0.4, 0.5) is 4.39 Å². The predicted molar refractivity (Wildman–Crippen MR) is 113 cm³/mol. The van der Waals surface area contributed by atoms with Crippen molar-refractivity contribution in [2.24, 2.45) is 0 Å². The van der Waals surface area contributed by atoms with E-state index in [1.165, 1.54) is 12.1 Å². The van der Waals surface area contributed by atoms with E-state index in [1.807, 2.05) is 30.3 Å². The van der Waals surface area contributed by atoms with Crippen molar-refractivity contribution < 1.29 is 23.2 Å². The second kappa shape index (κ2) is 8.79. The van der Waals surface area contributed by atoms with Crippen LogP contribution in [0.1, 0.15) is 21.6 Å². The van der Waals surface area contributed by atoms with Crippen LogP contribution in [-0.4, -0.2) is 23.6 Å². The molecule has 0 radical (unpaired) electrons. The fourth-order valence-electron chi connectivity index (χ4n) is 3.16. The Balaban J connectivity index is 1.32. The average Bonchev–Trinajstić information content (AvgIpc) is 3.16. The number of halogens is 1. The molecule has 0 fully saturated rings. The van der Waals surface area contributed by atoms with Crippen molar-refractivity contribution in [1.29, 1.82) is 0 Å². The molecule has 156 valence electrons. The van der Waals surface area contributed by atoms with E-state index in [0.717, 1.165) is 10.8 Å². The first-order valence-electron chi connectivity index (χ1n) is 9.65. The molecule has 1 amide bonds. The first-order valence-corrected chi connectivity index (χ1v) is 9.65. The third-order valence-corrected chi connectivity index (χ3v) is 4.90. The molecule has 0 saturated carbocycles. The lowest BCUT2D eigenvalue weighted by Crippen LogP contribution is -2.30. The zero-order chi connectivity index (χ0) is 21.8. The summed E-state index contributed by atoms with van der Waals surface area (Å²) in [5.74, 6) is -0.824. The molecule has 0 aliphatic carbocycles. The van der Waals surface area contributed by atoms with Crippen LogP contribution in [0.3, 0.4) is 0 Å². The molecule has 0 aliphatic rings. The van der Waals surface area contributed by atoms with Crippen molar-refractivity contribution in [1.82, 2.24) is 10.5 Å². The molecule has 1 heterocycles. The van der Waals surface area contributed by atoms with Crippen molar-refractivity contribution in [3.63, 3.8) is 0 Å². The van der Waals surface area contributed by atoms with Gasteiger partial charge in [-0.2, -0.15) is 0 Å². The number of benzene rings is 3. The van der Waals surface area contributed by atoms with Gasteiger partial charge in [0, 0.05) is 16.7 Å². The highest BCUT2D eigenvalue weighted by molar-refractivity contribution is 5.99. The van der Waals surface area contributed by atoms with Gasteiger partial charge in [-0.15, -0.1) is 0 Å². The van der Waals surface area contributed by atoms with Gasteiger partial charge in [0.1, 0.15) is 24.7 Å². The Kier molecular flexibility index (Phi) is 5.75. The lowest BCUT2D eigenvalue weighted by molar-refractivity contribution is -0.143. The zero-order valence-corrected chi connectivity index (χ0v) is 16.7. The van der Waals surface area contributed by atoms with Gasteiger partial charge in [-0.25, -0.2) is 4.39 Å². The molecule has 0 spiro atoms. The van der Waals surface area contributed by atoms with E-state index >= 15 is 0 Å². The van der Waals surface area contributed by atoms with Gasteiger partial charge < -0.3 is 14.6 Å². The van der Waals surface area contributed by atoms with Gasteiger partial charge in [-0.05, 0) is 54.1 Å². The van der Waals surface area contributed by atoms with Crippen LogP contribution in [0.2, 0.25) is 0 Å². The van der Waals surface area contributed by atoms with E-state index < -0.39 is 5.97 Å². The molecular formula is C24H19FN2O4. The van der Waals surface area contributed by atoms with Gasteiger partial charge in [0.15, 0.2) is 5.76 Å². The molecule has 0 bridgehead atoms. The van der Waals surface area contributed by atoms with Crippen molar-refractivity contribution in [2.45, 2.75) is 13.5 Å². The van der Waals surface area contributed by atoms with Crippen LogP contribution in [0, 0.1) is 12.7 Å². The Morgan fingerprint density at radius 2 is 1.77 bits per heavy atom. The number of hydrogen-bond acceptors (Lipinski definition) is 5. The number of rotatable bonds is 6. The Bertz CT molecular complexity index is 1250. The zero-order valence-electron chi connectivity index (χ0n) is 16.7. The van der Waals surface area contributed by atoms with Gasteiger partial charge >= 0.3 is 5.97 Å². The summed E-state index contributed by atoms with van der Waals surface area (Å²) in [5, 5.41) is 8.45. The summed E-state index contributed by atoms with van der Waals surface area (Å²) in [4.78, 5) is 24.4. The van der Waals surface area contributed by atoms with Crippen molar-refractivity contribution in [2.75, 3.05) is 6.54 Å². The largest absolute Gasteiger partial charge is 0.458 e. The van der Waals surface area contributed by atoms with Crippen LogP contribution >= 0.6 is 0 Å². The van der Waals surface area contributed by atoms with Crippen LogP contribution in [0.15, 0.2) is 71.3 Å². The minimum atomic E-state index is -0.597. The van der Waals surface area contributed by atoms with E-state index in [2.05, 4.69) is 10.5 Å². The molecule has 0 saturated heterocycles. The molecule has 4 rings (SSSR count). The average molecular weight is 418 g/mol. The lowest BCUT2D eigenvalue weighted by Gasteiger charge is -2.07. The van der Waals surface area contributed by atoms with Gasteiger partial charge in [0.25, 0.3) is 5.91 Å². The monoisotopic (exact) mass is 418 g/mol. The normalized spacial score (nSPS) is 10.8. The topological polar surface area (TPSA) is 81.4 Å². The molecule has 4 aromatic rings. The van der Waals surface area contributed by atoms with Gasteiger partial charge in [0.2, 0.25) is 0 Å². The van der Waals surface area contributed by atoms with E-state index in [4.69, 9.17) is 9.26 Å². The van der Waals surface area contributed by atoms with E-state index in [1.54, 1.807) is 31.2 Å². The number of amides is 1. The Hall–Kier alpha value is -4.00. The standard InChI is InChI=1S/C24H19FN2O4/c1-15-21(27-31-23(15)17-8-10-20(25)11-9-17)14-30-22(28)13-26-24(29)19-7-6-16-4-2-3-5-18(16)12-19/h2-12H,13-14H2,1H3,(H,26,29). The summed E-state index contributed by atoms with van der Waals surface area (Å²) in [5.41, 5.74) is 2.28. The lowest BCUT2D eigenvalue weighted by atomic mass is 10.1. The summed E-state index contributed by atoms with van der Waals surface area (Å²) in [6.07, 6.45) is 0. The number of hydrogen-bond donors (Lipinski definition) is 1. The highest BCUT2D eigenvalue weighted by Crippen LogP contribution is 2.26. The predicted octanol–water partition coefficient (Wildman–Crippen LogP) is 4.42. The summed E-state index contributed by atoms with van der Waals surface area (Å²) in [6.45, 7) is 1.41. The number of carbonyl (C=O) groups is 2. The van der Waals surface area contributed by atoms with Gasteiger partial charge in [-0.1, -0.05) is 35.5 Å². The number of carbonyl (C=O) groups excluding carboxylic acids is 2. The molecule has 0 aliphatic heterocycles. The van der Waals surface area contributed by atoms with E-state index in [9.17, 15) is 14.0 Å². The molecule has 1 N–H and O–H groups in total. The van der Waals surface area contributed by atoms with Crippen LogP contribution in [0.5, 0.6) is 0 Å². The Morgan fingerprint density at radius 3 is 2.55 bits per heavy atom. The van der Waals surface area contributed by atoms with E-state index in [-0.39, 0.29) is 24.9 Å². The Morgan fingerprint density at radius 1 is 1.03 bits per heavy atom. The third kappa shape index (κ3) is 4.61. The maximum atomic E-state index is 13.1. The number of nitrogens with zero attached hydrogens (tertiary/aromatic N) is 1. The number of fused-ring (bicyclic) bond motifs is 1. The molecule has 1 aromatic heterocycles. The minimum Gasteiger partial charge on any atom is -0.458 e. The molecular weight excluding hydrogens is 399 g/mol. The smallest absolute Gasteiger partial charge is 0.325 e. The van der Waals surface area contributed by atoms with Crippen molar-refractivity contribution in [3.8, 4) is 11.3 Å². The SMILES string of the molecule is Cc1c(COC(=O)CNC(=O)c2ccc3ccccc3c2)noc1-c1ccc(F)cc1. The highest BCUT2D eigenvalue weighted by Gasteiger charge is 2.16. The fraction of sp³-hybridized carbons (Fsp3) is 0.125. The highest BCUT2D eigenvalue weighted by atomic mass is 19.1. The van der Waals surface area contributed by atoms with Crippen molar-refractivity contribution >= 4 is 22.6 Å². The number of ether oxygens (including phenoxy) is 1. The molecule has 7 heteroatoms. The summed E-state index contributed by atoms with van der Waals surface area (Å²) < 4.78 is 23.6.